The molecule has 0 spiro atoms. The molecule has 19 heavy (non-hydrogen) atoms. The van der Waals surface area contributed by atoms with Gasteiger partial charge >= 0.3 is 0 Å². The first-order valence-corrected chi connectivity index (χ1v) is 7.01. The minimum Gasteiger partial charge on any atom is -0.379 e. The van der Waals surface area contributed by atoms with Gasteiger partial charge in [0.05, 0.1) is 16.6 Å². The topological polar surface area (TPSA) is 47.3 Å². The standard InChI is InChI=1S/C14H22BrFN2O/c1-14(2,3)13(19-4)12(18-17)8-9-5-6-11(16)10(15)7-9/h5-7,12-13,18H,8,17H2,1-4H3. The maximum Gasteiger partial charge on any atom is 0.137 e. The molecule has 0 aliphatic carbocycles. The number of nitrogens with one attached hydrogen (secondary N) is 1. The third-order valence-corrected chi connectivity index (χ3v) is 3.73. The third-order valence-electron chi connectivity index (χ3n) is 3.13. The maximum absolute atomic E-state index is 13.2. The van der Waals surface area contributed by atoms with Gasteiger partial charge in [-0.15, -0.1) is 0 Å². The minimum atomic E-state index is -0.264. The SMILES string of the molecule is COC(C(Cc1ccc(F)c(Br)c1)NN)C(C)(C)C. The van der Waals surface area contributed by atoms with Crippen LogP contribution in [0.25, 0.3) is 0 Å². The van der Waals surface area contributed by atoms with E-state index in [1.165, 1.54) is 6.07 Å². The number of ether oxygens (including phenoxy) is 1. The highest BCUT2D eigenvalue weighted by Crippen LogP contribution is 2.26. The molecule has 0 saturated heterocycles. The van der Waals surface area contributed by atoms with Crippen LogP contribution in [0.1, 0.15) is 26.3 Å². The Hall–Kier alpha value is -0.490. The summed E-state index contributed by atoms with van der Waals surface area (Å²) in [5.41, 5.74) is 3.77. The summed E-state index contributed by atoms with van der Waals surface area (Å²) in [5, 5.41) is 0. The lowest BCUT2D eigenvalue weighted by Gasteiger charge is -2.35. The molecule has 0 aromatic heterocycles. The summed E-state index contributed by atoms with van der Waals surface area (Å²) in [5.74, 6) is 5.38. The third kappa shape index (κ3) is 4.53. The second kappa shape index (κ2) is 6.79. The van der Waals surface area contributed by atoms with Gasteiger partial charge in [0.2, 0.25) is 0 Å². The summed E-state index contributed by atoms with van der Waals surface area (Å²) < 4.78 is 19.2. The molecule has 0 amide bonds. The van der Waals surface area contributed by atoms with Gasteiger partial charge < -0.3 is 4.74 Å². The maximum atomic E-state index is 13.2. The molecule has 3 nitrogen and oxygen atoms in total. The molecule has 1 aromatic carbocycles. The number of rotatable bonds is 5. The Bertz CT molecular complexity index is 420. The predicted octanol–water partition coefficient (Wildman–Crippen LogP) is 3.02. The van der Waals surface area contributed by atoms with Gasteiger partial charge in [-0.1, -0.05) is 26.8 Å². The minimum absolute atomic E-state index is 0.0386. The van der Waals surface area contributed by atoms with E-state index in [2.05, 4.69) is 42.1 Å². The van der Waals surface area contributed by atoms with Gasteiger partial charge in [-0.05, 0) is 45.5 Å². The van der Waals surface area contributed by atoms with Gasteiger partial charge in [-0.3, -0.25) is 11.3 Å². The zero-order valence-electron chi connectivity index (χ0n) is 11.8. The van der Waals surface area contributed by atoms with Crippen LogP contribution in [0.5, 0.6) is 0 Å². The van der Waals surface area contributed by atoms with Gasteiger partial charge in [0.1, 0.15) is 5.82 Å². The fourth-order valence-corrected chi connectivity index (χ4v) is 2.72. The highest BCUT2D eigenvalue weighted by molar-refractivity contribution is 9.10. The Morgan fingerprint density at radius 3 is 2.47 bits per heavy atom. The van der Waals surface area contributed by atoms with Crippen LogP contribution in [-0.2, 0) is 11.2 Å². The zero-order chi connectivity index (χ0) is 14.6. The average Bonchev–Trinajstić information content (AvgIpc) is 2.31. The Balaban J connectivity index is 2.89. The predicted molar refractivity (Wildman–Crippen MR) is 79.2 cm³/mol. The molecule has 0 heterocycles. The molecule has 2 unspecified atom stereocenters. The molecule has 0 aliphatic heterocycles. The number of nitrogens with two attached hydrogens (primary N) is 1. The first kappa shape index (κ1) is 16.6. The summed E-state index contributed by atoms with van der Waals surface area (Å²) in [4.78, 5) is 0. The monoisotopic (exact) mass is 332 g/mol. The number of hydrogen-bond donors (Lipinski definition) is 2. The van der Waals surface area contributed by atoms with E-state index in [0.29, 0.717) is 10.9 Å². The highest BCUT2D eigenvalue weighted by Gasteiger charge is 2.31. The van der Waals surface area contributed by atoms with E-state index < -0.39 is 0 Å². The molecule has 108 valence electrons. The Kier molecular flexibility index (Phi) is 5.92. The van der Waals surface area contributed by atoms with Crippen molar-refractivity contribution in [1.29, 1.82) is 0 Å². The van der Waals surface area contributed by atoms with E-state index >= 15 is 0 Å². The van der Waals surface area contributed by atoms with Crippen molar-refractivity contribution in [3.8, 4) is 0 Å². The van der Waals surface area contributed by atoms with Crippen molar-refractivity contribution in [3.05, 3.63) is 34.1 Å². The van der Waals surface area contributed by atoms with Gasteiger partial charge in [0.25, 0.3) is 0 Å². The van der Waals surface area contributed by atoms with Crippen LogP contribution < -0.4 is 11.3 Å². The van der Waals surface area contributed by atoms with Crippen molar-refractivity contribution in [2.45, 2.75) is 39.3 Å². The normalized spacial score (nSPS) is 15.3. The van der Waals surface area contributed by atoms with E-state index in [1.807, 2.05) is 0 Å². The van der Waals surface area contributed by atoms with Gasteiger partial charge in [-0.25, -0.2) is 4.39 Å². The molecule has 3 N–H and O–H groups in total. The fourth-order valence-electron chi connectivity index (χ4n) is 2.30. The van der Waals surface area contributed by atoms with Crippen LogP contribution >= 0.6 is 15.9 Å². The zero-order valence-corrected chi connectivity index (χ0v) is 13.4. The van der Waals surface area contributed by atoms with Crippen LogP contribution in [0.15, 0.2) is 22.7 Å². The van der Waals surface area contributed by atoms with Crippen LogP contribution in [0, 0.1) is 11.2 Å². The van der Waals surface area contributed by atoms with E-state index in [0.717, 1.165) is 5.56 Å². The highest BCUT2D eigenvalue weighted by atomic mass is 79.9. The summed E-state index contributed by atoms with van der Waals surface area (Å²) >= 11 is 3.19. The van der Waals surface area contributed by atoms with Crippen molar-refractivity contribution >= 4 is 15.9 Å². The van der Waals surface area contributed by atoms with E-state index in [9.17, 15) is 4.39 Å². The molecule has 1 rings (SSSR count). The molecular weight excluding hydrogens is 311 g/mol. The van der Waals surface area contributed by atoms with Crippen molar-refractivity contribution in [1.82, 2.24) is 5.43 Å². The second-order valence-corrected chi connectivity index (χ2v) is 6.60. The molecule has 0 saturated carbocycles. The number of hydrazine groups is 1. The van der Waals surface area contributed by atoms with Crippen LogP contribution in [0.3, 0.4) is 0 Å². The lowest BCUT2D eigenvalue weighted by atomic mass is 9.82. The molecule has 0 aliphatic rings. The fraction of sp³-hybridized carbons (Fsp3) is 0.571. The first-order valence-electron chi connectivity index (χ1n) is 6.22. The van der Waals surface area contributed by atoms with Gasteiger partial charge in [0, 0.05) is 7.11 Å². The molecule has 0 bridgehead atoms. The van der Waals surface area contributed by atoms with Gasteiger partial charge in [0.15, 0.2) is 0 Å². The second-order valence-electron chi connectivity index (χ2n) is 5.75. The number of hydrogen-bond acceptors (Lipinski definition) is 3. The smallest absolute Gasteiger partial charge is 0.137 e. The number of methoxy groups -OCH3 is 1. The van der Waals surface area contributed by atoms with Gasteiger partial charge in [-0.2, -0.15) is 0 Å². The molecule has 0 radical (unpaired) electrons. The molecule has 5 heteroatoms. The van der Waals surface area contributed by atoms with E-state index in [4.69, 9.17) is 10.6 Å². The van der Waals surface area contributed by atoms with E-state index in [1.54, 1.807) is 19.2 Å². The van der Waals surface area contributed by atoms with Crippen molar-refractivity contribution in [3.63, 3.8) is 0 Å². The average molecular weight is 333 g/mol. The Morgan fingerprint density at radius 2 is 2.05 bits per heavy atom. The Morgan fingerprint density at radius 1 is 1.42 bits per heavy atom. The number of benzene rings is 1. The van der Waals surface area contributed by atoms with Crippen molar-refractivity contribution in [2.75, 3.05) is 7.11 Å². The van der Waals surface area contributed by atoms with Crippen molar-refractivity contribution < 1.29 is 9.13 Å². The molecule has 0 fully saturated rings. The van der Waals surface area contributed by atoms with E-state index in [-0.39, 0.29) is 23.4 Å². The summed E-state index contributed by atoms with van der Waals surface area (Å²) in [6.45, 7) is 6.31. The lowest BCUT2D eigenvalue weighted by Crippen LogP contribution is -2.51. The van der Waals surface area contributed by atoms with Crippen LogP contribution in [0.4, 0.5) is 4.39 Å². The van der Waals surface area contributed by atoms with Crippen molar-refractivity contribution in [2.24, 2.45) is 11.3 Å². The van der Waals surface area contributed by atoms with Crippen LogP contribution in [0.2, 0.25) is 0 Å². The Labute approximate surface area is 122 Å². The number of halogens is 2. The molecule has 1 aromatic rings. The first-order chi connectivity index (χ1) is 8.79. The largest absolute Gasteiger partial charge is 0.379 e. The summed E-state index contributed by atoms with van der Waals surface area (Å²) in [7, 11) is 1.68. The molecular formula is C14H22BrFN2O. The van der Waals surface area contributed by atoms with Crippen LogP contribution in [-0.4, -0.2) is 19.3 Å². The summed E-state index contributed by atoms with van der Waals surface area (Å²) in [6, 6.07) is 4.95. The summed E-state index contributed by atoms with van der Waals surface area (Å²) in [6.07, 6.45) is 0.631. The molecule has 2 atom stereocenters. The lowest BCUT2D eigenvalue weighted by molar-refractivity contribution is -0.0110. The quantitative estimate of drug-likeness (QED) is 0.643.